The fraction of sp³-hybridized carbons (Fsp3) is 0.571. The molecular formula is C14H22O. The third-order valence-corrected chi connectivity index (χ3v) is 1.67. The van der Waals surface area contributed by atoms with Gasteiger partial charge in [0.05, 0.1) is 4.11 Å². The maximum absolute atomic E-state index is 10.5. The second kappa shape index (κ2) is 3.55. The number of aromatic hydroxyl groups is 1. The van der Waals surface area contributed by atoms with E-state index in [0.717, 1.165) is 0 Å². The van der Waals surface area contributed by atoms with Crippen LogP contribution in [0.1, 0.15) is 77.0 Å². The molecular weight excluding hydrogens is 184 g/mol. The van der Waals surface area contributed by atoms with Crippen molar-refractivity contribution in [3.63, 3.8) is 0 Å². The van der Waals surface area contributed by atoms with Crippen molar-refractivity contribution in [2.75, 3.05) is 0 Å². The lowest BCUT2D eigenvalue weighted by Gasteiger charge is -2.25. The summed E-state index contributed by atoms with van der Waals surface area (Å²) in [5.41, 5.74) is -10.1. The molecule has 0 aliphatic rings. The van der Waals surface area contributed by atoms with Crippen molar-refractivity contribution in [3.05, 3.63) is 29.3 Å². The maximum atomic E-state index is 10.5. The molecule has 0 saturated carbocycles. The maximum Gasteiger partial charge on any atom is 0.119 e. The Bertz CT molecular complexity index is 859. The number of hydrogen-bond acceptors (Lipinski definition) is 1. The van der Waals surface area contributed by atoms with Crippen molar-refractivity contribution >= 4 is 0 Å². The molecule has 15 heavy (non-hydrogen) atoms. The molecule has 1 heteroatoms. The first-order chi connectivity index (χ1) is 14.1. The number of hydrogen-bond donors (Lipinski definition) is 1. The SMILES string of the molecule is [2H]c1c([2H])c(C(C)(C([2H])([2H])[2H])C([2H])([2H])[2H])c([2H])c(C(C([2H])([2H])[2H])(C([2H])([2H])[2H])C([2H])([2H])[2H])c1O. The molecule has 0 aliphatic carbocycles. The molecule has 0 heterocycles. The molecule has 0 aliphatic heterocycles. The molecule has 1 N–H and O–H groups in total. The Hall–Kier alpha value is -0.980. The van der Waals surface area contributed by atoms with Crippen LogP contribution in [0.25, 0.3) is 0 Å². The van der Waals surface area contributed by atoms with E-state index in [1.54, 1.807) is 0 Å². The summed E-state index contributed by atoms with van der Waals surface area (Å²) in [5.74, 6) is -1.66. The highest BCUT2D eigenvalue weighted by Crippen LogP contribution is 2.34. The van der Waals surface area contributed by atoms with Gasteiger partial charge >= 0.3 is 0 Å². The molecule has 84 valence electrons. The van der Waals surface area contributed by atoms with E-state index < -0.39 is 80.1 Å². The van der Waals surface area contributed by atoms with Gasteiger partial charge in [0, 0.05) is 20.6 Å². The van der Waals surface area contributed by atoms with Crippen molar-refractivity contribution in [3.8, 4) is 5.75 Å². The minimum atomic E-state index is -4.03. The number of phenolic OH excluding ortho intramolecular Hbond substituents is 1. The number of benzene rings is 1. The zero-order valence-electron chi connectivity index (χ0n) is 25.9. The zero-order chi connectivity index (χ0) is 27.0. The van der Waals surface area contributed by atoms with Gasteiger partial charge in [0.1, 0.15) is 5.75 Å². The summed E-state index contributed by atoms with van der Waals surface area (Å²) in [6.45, 7) is -18.5. The molecule has 0 fully saturated rings. The van der Waals surface area contributed by atoms with E-state index in [4.69, 9.17) is 24.7 Å². The zero-order valence-corrected chi connectivity index (χ0v) is 7.95. The molecule has 0 amide bonds. The highest BCUT2D eigenvalue weighted by molar-refractivity contribution is 5.42. The highest BCUT2D eigenvalue weighted by Gasteiger charge is 2.21. The van der Waals surface area contributed by atoms with Crippen LogP contribution in [0, 0.1) is 0 Å². The van der Waals surface area contributed by atoms with E-state index in [9.17, 15) is 5.11 Å². The molecule has 0 unspecified atom stereocenters. The van der Waals surface area contributed by atoms with Crippen LogP contribution in [0.15, 0.2) is 18.1 Å². The van der Waals surface area contributed by atoms with Gasteiger partial charge in [0.25, 0.3) is 0 Å². The lowest BCUT2D eigenvalue weighted by atomic mass is 9.80. The average Bonchev–Trinajstić information content (AvgIpc) is 2.50. The molecule has 0 spiro atoms. The molecule has 1 aromatic carbocycles. The largest absolute Gasteiger partial charge is 0.508 e. The summed E-state index contributed by atoms with van der Waals surface area (Å²) in [7, 11) is 0. The van der Waals surface area contributed by atoms with Gasteiger partial charge < -0.3 is 5.11 Å². The Morgan fingerprint density at radius 3 is 2.27 bits per heavy atom. The second-order valence-corrected chi connectivity index (χ2v) is 3.35. The lowest BCUT2D eigenvalue weighted by Crippen LogP contribution is -2.16. The average molecular weight is 224 g/mol. The van der Waals surface area contributed by atoms with Crippen LogP contribution in [0.3, 0.4) is 0 Å². The second-order valence-electron chi connectivity index (χ2n) is 3.35. The van der Waals surface area contributed by atoms with Crippen LogP contribution in [0.4, 0.5) is 0 Å². The van der Waals surface area contributed by atoms with Gasteiger partial charge in [-0.2, -0.15) is 0 Å². The normalized spacial score (nSPS) is 34.7. The van der Waals surface area contributed by atoms with Gasteiger partial charge in [-0.05, 0) is 28.0 Å². The Balaban J connectivity index is 4.66. The Kier molecular flexibility index (Phi) is 0.549. The van der Waals surface area contributed by atoms with Gasteiger partial charge in [-0.15, -0.1) is 0 Å². The summed E-state index contributed by atoms with van der Waals surface area (Å²) in [5, 5.41) is 10.5. The molecule has 0 bridgehead atoms. The lowest BCUT2D eigenvalue weighted by molar-refractivity contribution is 0.444. The third kappa shape index (κ3) is 2.74. The van der Waals surface area contributed by atoms with Gasteiger partial charge in [-0.1, -0.05) is 53.3 Å². The van der Waals surface area contributed by atoms with E-state index in [2.05, 4.69) is 0 Å². The fourth-order valence-corrected chi connectivity index (χ4v) is 0.921. The monoisotopic (exact) mass is 224 g/mol. The number of rotatable bonds is 0. The predicted molar refractivity (Wildman–Crippen MR) is 65.5 cm³/mol. The van der Waals surface area contributed by atoms with Crippen LogP contribution in [-0.2, 0) is 10.8 Å². The Morgan fingerprint density at radius 1 is 1.13 bits per heavy atom. The fourth-order valence-electron chi connectivity index (χ4n) is 0.921. The first-order valence-electron chi connectivity index (χ1n) is 13.0. The molecule has 0 aromatic heterocycles. The standard InChI is InChI=1S/C14H22O/c1-13(2,3)10-7-8-12(15)11(9-10)14(4,5)6/h7-9,15H,1-6H3/i1D3,2D3,4D3,5D3,6D3,7D,8D,9D. The Morgan fingerprint density at radius 2 is 1.73 bits per heavy atom. The molecule has 0 radical (unpaired) electrons. The van der Waals surface area contributed by atoms with Crippen LogP contribution in [0.5, 0.6) is 5.75 Å². The van der Waals surface area contributed by atoms with E-state index in [0.29, 0.717) is 6.92 Å². The summed E-state index contributed by atoms with van der Waals surface area (Å²) in [6, 6.07) is -4.30. The van der Waals surface area contributed by atoms with E-state index >= 15 is 0 Å². The first-order valence-corrected chi connectivity index (χ1v) is 3.97. The first kappa shape index (κ1) is 2.32. The minimum absolute atomic E-state index is 0.584. The summed E-state index contributed by atoms with van der Waals surface area (Å²) >= 11 is 0. The van der Waals surface area contributed by atoms with Crippen molar-refractivity contribution < 1.29 is 29.8 Å². The van der Waals surface area contributed by atoms with Crippen LogP contribution in [-0.4, -0.2) is 5.11 Å². The van der Waals surface area contributed by atoms with Crippen LogP contribution in [0.2, 0.25) is 0 Å². The molecule has 1 nitrogen and oxygen atoms in total. The van der Waals surface area contributed by atoms with Gasteiger partial charge in [-0.25, -0.2) is 0 Å². The Labute approximate surface area is 118 Å². The molecule has 1 aromatic rings. The topological polar surface area (TPSA) is 20.2 Å². The summed E-state index contributed by atoms with van der Waals surface area (Å²) < 4.78 is 141. The minimum Gasteiger partial charge on any atom is -0.508 e. The van der Waals surface area contributed by atoms with Crippen molar-refractivity contribution in [2.24, 2.45) is 0 Å². The van der Waals surface area contributed by atoms with Gasteiger partial charge in [0.15, 0.2) is 0 Å². The predicted octanol–water partition coefficient (Wildman–Crippen LogP) is 3.99. The van der Waals surface area contributed by atoms with Crippen molar-refractivity contribution in [1.82, 2.24) is 0 Å². The smallest absolute Gasteiger partial charge is 0.119 e. The van der Waals surface area contributed by atoms with Crippen molar-refractivity contribution in [1.29, 1.82) is 0 Å². The van der Waals surface area contributed by atoms with Gasteiger partial charge in [-0.3, -0.25) is 0 Å². The molecule has 0 saturated heterocycles. The third-order valence-electron chi connectivity index (χ3n) is 1.67. The molecule has 0 atom stereocenters. The van der Waals surface area contributed by atoms with Crippen LogP contribution >= 0.6 is 0 Å². The van der Waals surface area contributed by atoms with Gasteiger partial charge in [0.2, 0.25) is 0 Å². The summed E-state index contributed by atoms with van der Waals surface area (Å²) in [6.07, 6.45) is 0. The van der Waals surface area contributed by atoms with Crippen molar-refractivity contribution in [2.45, 2.75) is 52.0 Å². The van der Waals surface area contributed by atoms with E-state index in [-0.39, 0.29) is 0 Å². The van der Waals surface area contributed by atoms with E-state index in [1.165, 1.54) is 0 Å². The van der Waals surface area contributed by atoms with Crippen LogP contribution < -0.4 is 0 Å². The highest BCUT2D eigenvalue weighted by atomic mass is 16.3. The quantitative estimate of drug-likeness (QED) is 0.706. The van der Waals surface area contributed by atoms with E-state index in [1.807, 2.05) is 0 Å². The molecule has 1 rings (SSSR count). The number of phenols is 1. The summed E-state index contributed by atoms with van der Waals surface area (Å²) in [4.78, 5) is 0.